The molecule has 0 aliphatic rings. The summed E-state index contributed by atoms with van der Waals surface area (Å²) in [6.07, 6.45) is 0.0206. The number of carboxylic acid groups (broad SMARTS) is 1. The number of aliphatic carboxylic acids is 1. The maximum atomic E-state index is 13.0. The normalized spacial score (nSPS) is 13.8. The third-order valence-electron chi connectivity index (χ3n) is 3.47. The average molecular weight is 349 g/mol. The van der Waals surface area contributed by atoms with E-state index in [1.54, 1.807) is 6.92 Å². The van der Waals surface area contributed by atoms with Gasteiger partial charge < -0.3 is 15.7 Å². The lowest BCUT2D eigenvalue weighted by Crippen LogP contribution is -2.52. The summed E-state index contributed by atoms with van der Waals surface area (Å²) in [5.74, 6) is -3.39. The predicted molar refractivity (Wildman–Crippen MR) is 86.7 cm³/mol. The van der Waals surface area contributed by atoms with E-state index in [0.717, 1.165) is 0 Å². The molecule has 7 nitrogen and oxygen atoms in total. The van der Waals surface area contributed by atoms with E-state index in [2.05, 4.69) is 10.6 Å². The molecular formula is C17H20FN3O4. The van der Waals surface area contributed by atoms with Crippen LogP contribution in [0.15, 0.2) is 24.3 Å². The third-order valence-corrected chi connectivity index (χ3v) is 3.47. The Labute approximate surface area is 144 Å². The summed E-state index contributed by atoms with van der Waals surface area (Å²) < 4.78 is 13.0. The van der Waals surface area contributed by atoms with Crippen LogP contribution in [0.1, 0.15) is 25.8 Å². The van der Waals surface area contributed by atoms with E-state index >= 15 is 0 Å². The lowest BCUT2D eigenvalue weighted by atomic mass is 10.0. The van der Waals surface area contributed by atoms with E-state index in [4.69, 9.17) is 5.26 Å². The van der Waals surface area contributed by atoms with E-state index in [-0.39, 0.29) is 12.8 Å². The van der Waals surface area contributed by atoms with Crippen LogP contribution >= 0.6 is 0 Å². The zero-order chi connectivity index (χ0) is 19.0. The first kappa shape index (κ1) is 20.1. The molecule has 0 bridgehead atoms. The maximum Gasteiger partial charge on any atom is 0.326 e. The number of benzene rings is 1. The molecule has 0 saturated heterocycles. The van der Waals surface area contributed by atoms with Crippen LogP contribution in [0.25, 0.3) is 0 Å². The van der Waals surface area contributed by atoms with Gasteiger partial charge in [-0.15, -0.1) is 0 Å². The summed E-state index contributed by atoms with van der Waals surface area (Å²) in [6.45, 7) is 2.78. The van der Waals surface area contributed by atoms with Crippen LogP contribution in [-0.4, -0.2) is 35.0 Å². The highest BCUT2D eigenvalue weighted by atomic mass is 19.1. The number of carbonyl (C=O) groups excluding carboxylic acids is 2. The van der Waals surface area contributed by atoms with E-state index in [1.807, 2.05) is 6.07 Å². The Morgan fingerprint density at radius 2 is 1.80 bits per heavy atom. The largest absolute Gasteiger partial charge is 0.480 e. The second-order valence-electron chi connectivity index (χ2n) is 5.75. The second-order valence-corrected chi connectivity index (χ2v) is 5.75. The van der Waals surface area contributed by atoms with Crippen molar-refractivity contribution in [2.24, 2.45) is 5.92 Å². The maximum absolute atomic E-state index is 13.0. The van der Waals surface area contributed by atoms with Crippen molar-refractivity contribution in [2.75, 3.05) is 0 Å². The fraction of sp³-hybridized carbons (Fsp3) is 0.412. The van der Waals surface area contributed by atoms with Crippen molar-refractivity contribution in [2.45, 2.75) is 38.8 Å². The van der Waals surface area contributed by atoms with Gasteiger partial charge in [-0.05, 0) is 31.0 Å². The lowest BCUT2D eigenvalue weighted by molar-refractivity contribution is -0.142. The van der Waals surface area contributed by atoms with Gasteiger partial charge in [0.1, 0.15) is 17.9 Å². The van der Waals surface area contributed by atoms with Crippen LogP contribution in [0, 0.1) is 23.1 Å². The number of amides is 2. The number of carbonyl (C=O) groups is 3. The minimum absolute atomic E-state index is 0.0546. The number of nitriles is 1. The molecule has 0 aliphatic heterocycles. The van der Waals surface area contributed by atoms with Gasteiger partial charge in [0.2, 0.25) is 11.8 Å². The van der Waals surface area contributed by atoms with E-state index in [0.29, 0.717) is 5.56 Å². The van der Waals surface area contributed by atoms with Gasteiger partial charge in [-0.25, -0.2) is 9.18 Å². The molecular weight excluding hydrogens is 329 g/mol. The Balaban J connectivity index is 2.87. The monoisotopic (exact) mass is 349 g/mol. The van der Waals surface area contributed by atoms with E-state index in [9.17, 15) is 23.9 Å². The Hall–Kier alpha value is -2.95. The van der Waals surface area contributed by atoms with Gasteiger partial charge in [0, 0.05) is 19.3 Å². The highest BCUT2D eigenvalue weighted by Crippen LogP contribution is 2.09. The van der Waals surface area contributed by atoms with Crippen molar-refractivity contribution in [3.8, 4) is 6.07 Å². The van der Waals surface area contributed by atoms with Gasteiger partial charge in [-0.2, -0.15) is 5.26 Å². The number of hydrogen-bond donors (Lipinski definition) is 3. The molecule has 1 rings (SSSR count). The zero-order valence-corrected chi connectivity index (χ0v) is 14.0. The molecule has 0 saturated carbocycles. The minimum atomic E-state index is -1.26. The molecule has 0 aromatic heterocycles. The van der Waals surface area contributed by atoms with Crippen LogP contribution in [-0.2, 0) is 20.8 Å². The summed E-state index contributed by atoms with van der Waals surface area (Å²) in [6, 6.07) is 5.06. The molecule has 1 aromatic rings. The number of carboxylic acids is 1. The van der Waals surface area contributed by atoms with Crippen molar-refractivity contribution in [1.29, 1.82) is 5.26 Å². The quantitative estimate of drug-likeness (QED) is 0.647. The SMILES string of the molecule is CC(=O)N[C@H](Cc1ccc(F)cc1)C(=O)N[C@@H](C[C@@H](C)C#N)C(=O)O. The van der Waals surface area contributed by atoms with Crippen LogP contribution in [0.3, 0.4) is 0 Å². The Kier molecular flexibility index (Phi) is 7.53. The summed E-state index contributed by atoms with van der Waals surface area (Å²) in [7, 11) is 0. The molecule has 0 aliphatic carbocycles. The van der Waals surface area contributed by atoms with E-state index < -0.39 is 41.6 Å². The average Bonchev–Trinajstić information content (AvgIpc) is 2.54. The Morgan fingerprint density at radius 1 is 1.20 bits per heavy atom. The summed E-state index contributed by atoms with van der Waals surface area (Å²) in [5.41, 5.74) is 0.604. The van der Waals surface area contributed by atoms with Crippen molar-refractivity contribution < 1.29 is 23.9 Å². The van der Waals surface area contributed by atoms with Gasteiger partial charge in [0.15, 0.2) is 0 Å². The number of hydrogen-bond acceptors (Lipinski definition) is 4. The standard InChI is InChI=1S/C17H20FN3O4/c1-10(9-19)7-15(17(24)25)21-16(23)14(20-11(2)22)8-12-3-5-13(18)6-4-12/h3-6,10,14-15H,7-8H2,1-2H3,(H,20,22)(H,21,23)(H,24,25)/t10-,14-,15+/m1/s1. The second kappa shape index (κ2) is 9.37. The first-order valence-electron chi connectivity index (χ1n) is 7.67. The Morgan fingerprint density at radius 3 is 2.28 bits per heavy atom. The molecule has 0 fully saturated rings. The number of nitrogens with one attached hydrogen (secondary N) is 2. The van der Waals surface area contributed by atoms with Gasteiger partial charge in [0.25, 0.3) is 0 Å². The number of rotatable bonds is 8. The molecule has 0 radical (unpaired) electrons. The summed E-state index contributed by atoms with van der Waals surface area (Å²) >= 11 is 0. The van der Waals surface area contributed by atoms with Gasteiger partial charge in [-0.1, -0.05) is 12.1 Å². The molecule has 2 amide bonds. The summed E-state index contributed by atoms with van der Waals surface area (Å²) in [4.78, 5) is 35.0. The van der Waals surface area contributed by atoms with Crippen LogP contribution in [0.2, 0.25) is 0 Å². The first-order valence-corrected chi connectivity index (χ1v) is 7.67. The molecule has 134 valence electrons. The highest BCUT2D eigenvalue weighted by Gasteiger charge is 2.27. The highest BCUT2D eigenvalue weighted by molar-refractivity contribution is 5.90. The van der Waals surface area contributed by atoms with Crippen LogP contribution < -0.4 is 10.6 Å². The smallest absolute Gasteiger partial charge is 0.326 e. The molecule has 8 heteroatoms. The van der Waals surface area contributed by atoms with Crippen molar-refractivity contribution in [3.05, 3.63) is 35.6 Å². The third kappa shape index (κ3) is 6.99. The van der Waals surface area contributed by atoms with Crippen molar-refractivity contribution in [1.82, 2.24) is 10.6 Å². The Bertz CT molecular complexity index is 669. The van der Waals surface area contributed by atoms with Crippen LogP contribution in [0.4, 0.5) is 4.39 Å². The molecule has 0 heterocycles. The molecule has 3 N–H and O–H groups in total. The fourth-order valence-electron chi connectivity index (χ4n) is 2.21. The predicted octanol–water partition coefficient (Wildman–Crippen LogP) is 0.992. The summed E-state index contributed by atoms with van der Waals surface area (Å²) in [5, 5.41) is 22.8. The zero-order valence-electron chi connectivity index (χ0n) is 14.0. The van der Waals surface area contributed by atoms with Gasteiger partial charge in [0.05, 0.1) is 6.07 Å². The van der Waals surface area contributed by atoms with Crippen molar-refractivity contribution in [3.63, 3.8) is 0 Å². The lowest BCUT2D eigenvalue weighted by Gasteiger charge is -2.21. The van der Waals surface area contributed by atoms with Gasteiger partial charge >= 0.3 is 5.97 Å². The van der Waals surface area contributed by atoms with Gasteiger partial charge in [-0.3, -0.25) is 9.59 Å². The fourth-order valence-corrected chi connectivity index (χ4v) is 2.21. The number of halogens is 1. The minimum Gasteiger partial charge on any atom is -0.480 e. The number of nitrogens with zero attached hydrogens (tertiary/aromatic N) is 1. The first-order chi connectivity index (χ1) is 11.7. The molecule has 1 aromatic carbocycles. The van der Waals surface area contributed by atoms with Crippen LogP contribution in [0.5, 0.6) is 0 Å². The van der Waals surface area contributed by atoms with E-state index in [1.165, 1.54) is 31.2 Å². The molecule has 3 atom stereocenters. The molecule has 0 spiro atoms. The topological polar surface area (TPSA) is 119 Å². The molecule has 0 unspecified atom stereocenters. The van der Waals surface area contributed by atoms with Crippen molar-refractivity contribution >= 4 is 17.8 Å². The molecule has 25 heavy (non-hydrogen) atoms.